The molecule has 0 heterocycles. The van der Waals surface area contributed by atoms with E-state index in [9.17, 15) is 0 Å². The van der Waals surface area contributed by atoms with Gasteiger partial charge in [0.15, 0.2) is 0 Å². The molecule has 0 aliphatic heterocycles. The highest BCUT2D eigenvalue weighted by atomic mass is 14.8. The quantitative estimate of drug-likeness (QED) is 0.415. The molecular formula is C6H14BN. The van der Waals surface area contributed by atoms with Crippen molar-refractivity contribution in [3.05, 3.63) is 12.2 Å². The molecule has 0 aliphatic carbocycles. The molecule has 1 N–H and O–H groups in total. The first-order chi connectivity index (χ1) is 3.91. The van der Waals surface area contributed by atoms with Crippen LogP contribution in [0.4, 0.5) is 0 Å². The molecule has 0 aromatic carbocycles. The Kier molecular flexibility index (Phi) is 6.57. The van der Waals surface area contributed by atoms with E-state index in [1.807, 2.05) is 7.05 Å². The standard InChI is InChI=1S/C6H14BN/c1-7-5-3-4-6-8-2/h3-4,7-8H,5-6H2,1-2H3/b4-3-. The molecule has 0 unspecified atom stereocenters. The van der Waals surface area contributed by atoms with Crippen molar-refractivity contribution >= 4 is 7.28 Å². The van der Waals surface area contributed by atoms with E-state index in [0.29, 0.717) is 0 Å². The van der Waals surface area contributed by atoms with Gasteiger partial charge in [-0.25, -0.2) is 0 Å². The first-order valence-corrected chi connectivity index (χ1v) is 3.21. The second-order valence-corrected chi connectivity index (χ2v) is 1.82. The van der Waals surface area contributed by atoms with E-state index in [0.717, 1.165) is 6.54 Å². The van der Waals surface area contributed by atoms with Gasteiger partial charge in [0.2, 0.25) is 0 Å². The monoisotopic (exact) mass is 111 g/mol. The third-order valence-electron chi connectivity index (χ3n) is 0.944. The predicted molar refractivity (Wildman–Crippen MR) is 40.9 cm³/mol. The molecule has 0 spiro atoms. The maximum atomic E-state index is 3.04. The van der Waals surface area contributed by atoms with Crippen molar-refractivity contribution in [1.29, 1.82) is 0 Å². The first-order valence-electron chi connectivity index (χ1n) is 3.21. The minimum absolute atomic E-state index is 1.00. The van der Waals surface area contributed by atoms with Crippen LogP contribution in [0.5, 0.6) is 0 Å². The SMILES string of the molecule is CBC/C=C\CNC. The van der Waals surface area contributed by atoms with Gasteiger partial charge in [0, 0.05) is 6.54 Å². The zero-order chi connectivity index (χ0) is 6.24. The summed E-state index contributed by atoms with van der Waals surface area (Å²) in [6.07, 6.45) is 5.57. The lowest BCUT2D eigenvalue weighted by Crippen LogP contribution is -2.03. The van der Waals surface area contributed by atoms with Gasteiger partial charge in [0.25, 0.3) is 0 Å². The number of hydrogen-bond donors (Lipinski definition) is 1. The van der Waals surface area contributed by atoms with Crippen molar-refractivity contribution < 1.29 is 0 Å². The van der Waals surface area contributed by atoms with Crippen LogP contribution in [0, 0.1) is 0 Å². The summed E-state index contributed by atoms with van der Waals surface area (Å²) < 4.78 is 0. The molecule has 8 heavy (non-hydrogen) atoms. The van der Waals surface area contributed by atoms with Gasteiger partial charge in [-0.3, -0.25) is 0 Å². The Morgan fingerprint density at radius 3 is 2.75 bits per heavy atom. The van der Waals surface area contributed by atoms with E-state index in [1.165, 1.54) is 13.6 Å². The Hall–Kier alpha value is -0.235. The normalized spacial score (nSPS) is 10.2. The van der Waals surface area contributed by atoms with Gasteiger partial charge in [-0.1, -0.05) is 25.3 Å². The van der Waals surface area contributed by atoms with Gasteiger partial charge >= 0.3 is 0 Å². The smallest absolute Gasteiger partial charge is 0.121 e. The van der Waals surface area contributed by atoms with Crippen LogP contribution in [0.15, 0.2) is 12.2 Å². The van der Waals surface area contributed by atoms with Crippen LogP contribution in [0.1, 0.15) is 0 Å². The molecule has 1 nitrogen and oxygen atoms in total. The fourth-order valence-corrected chi connectivity index (χ4v) is 0.486. The molecule has 2 heteroatoms. The largest absolute Gasteiger partial charge is 0.316 e. The molecule has 0 amide bonds. The molecule has 0 fully saturated rings. The molecule has 0 radical (unpaired) electrons. The van der Waals surface area contributed by atoms with Crippen LogP contribution < -0.4 is 5.32 Å². The predicted octanol–water partition coefficient (Wildman–Crippen LogP) is 0.665. The van der Waals surface area contributed by atoms with Crippen molar-refractivity contribution in [2.24, 2.45) is 0 Å². The highest BCUT2D eigenvalue weighted by molar-refractivity contribution is 6.34. The average Bonchev–Trinajstić information content (AvgIpc) is 1.81. The summed E-state index contributed by atoms with van der Waals surface area (Å²) in [5.74, 6) is 0. The van der Waals surface area contributed by atoms with E-state index in [4.69, 9.17) is 0 Å². The summed E-state index contributed by atoms with van der Waals surface area (Å²) in [6, 6.07) is 0. The number of likely N-dealkylation sites (N-methyl/N-ethyl adjacent to an activating group) is 1. The fourth-order valence-electron chi connectivity index (χ4n) is 0.486. The minimum atomic E-state index is 1.00. The van der Waals surface area contributed by atoms with Crippen LogP contribution in [0.2, 0.25) is 13.1 Å². The van der Waals surface area contributed by atoms with E-state index in [2.05, 4.69) is 24.3 Å². The van der Waals surface area contributed by atoms with Crippen molar-refractivity contribution in [3.63, 3.8) is 0 Å². The zero-order valence-corrected chi connectivity index (χ0v) is 5.78. The van der Waals surface area contributed by atoms with Crippen molar-refractivity contribution in [2.75, 3.05) is 13.6 Å². The van der Waals surface area contributed by atoms with Crippen LogP contribution >= 0.6 is 0 Å². The molecule has 0 aromatic heterocycles. The highest BCUT2D eigenvalue weighted by Gasteiger charge is 1.73. The van der Waals surface area contributed by atoms with Crippen LogP contribution in [0.3, 0.4) is 0 Å². The van der Waals surface area contributed by atoms with Gasteiger partial charge < -0.3 is 5.32 Å². The first kappa shape index (κ1) is 7.76. The molecule has 0 saturated carbocycles. The summed E-state index contributed by atoms with van der Waals surface area (Å²) in [7, 11) is 3.20. The maximum absolute atomic E-state index is 3.04. The lowest BCUT2D eigenvalue weighted by Gasteiger charge is -1.85. The summed E-state index contributed by atoms with van der Waals surface area (Å²) in [6.45, 7) is 3.18. The second-order valence-electron chi connectivity index (χ2n) is 1.82. The van der Waals surface area contributed by atoms with Crippen LogP contribution in [-0.4, -0.2) is 20.9 Å². The molecular weight excluding hydrogens is 96.9 g/mol. The fraction of sp³-hybridized carbons (Fsp3) is 0.667. The Labute approximate surface area is 52.4 Å². The lowest BCUT2D eigenvalue weighted by molar-refractivity contribution is 0.918. The maximum Gasteiger partial charge on any atom is 0.121 e. The van der Waals surface area contributed by atoms with Gasteiger partial charge in [-0.2, -0.15) is 0 Å². The number of hydrogen-bond acceptors (Lipinski definition) is 1. The Bertz CT molecular complexity index is 53.5. The molecule has 0 rings (SSSR count). The molecule has 0 aromatic rings. The Morgan fingerprint density at radius 2 is 2.25 bits per heavy atom. The van der Waals surface area contributed by atoms with Crippen molar-refractivity contribution in [3.8, 4) is 0 Å². The van der Waals surface area contributed by atoms with Gasteiger partial charge in [-0.15, -0.1) is 0 Å². The Morgan fingerprint density at radius 1 is 1.50 bits per heavy atom. The van der Waals surface area contributed by atoms with Crippen LogP contribution in [-0.2, 0) is 0 Å². The van der Waals surface area contributed by atoms with Crippen molar-refractivity contribution in [1.82, 2.24) is 5.32 Å². The topological polar surface area (TPSA) is 12.0 Å². The molecule has 46 valence electrons. The molecule has 0 bridgehead atoms. The van der Waals surface area contributed by atoms with Gasteiger partial charge in [0.05, 0.1) is 0 Å². The van der Waals surface area contributed by atoms with Gasteiger partial charge in [-0.05, 0) is 7.05 Å². The van der Waals surface area contributed by atoms with Crippen molar-refractivity contribution in [2.45, 2.75) is 13.1 Å². The van der Waals surface area contributed by atoms with E-state index in [1.54, 1.807) is 0 Å². The highest BCUT2D eigenvalue weighted by Crippen LogP contribution is 1.78. The average molecular weight is 111 g/mol. The molecule has 0 saturated heterocycles. The third kappa shape index (κ3) is 5.76. The molecule has 0 atom stereocenters. The third-order valence-corrected chi connectivity index (χ3v) is 0.944. The minimum Gasteiger partial charge on any atom is -0.316 e. The summed E-state index contributed by atoms with van der Waals surface area (Å²) in [5.41, 5.74) is 0. The number of allylic oxidation sites excluding steroid dienone is 1. The number of rotatable bonds is 4. The summed E-state index contributed by atoms with van der Waals surface area (Å²) >= 11 is 0. The number of nitrogens with one attached hydrogen (secondary N) is 1. The van der Waals surface area contributed by atoms with E-state index < -0.39 is 0 Å². The molecule has 0 aliphatic rings. The Balaban J connectivity index is 2.83. The summed E-state index contributed by atoms with van der Waals surface area (Å²) in [4.78, 5) is 0. The van der Waals surface area contributed by atoms with Gasteiger partial charge in [0.1, 0.15) is 7.28 Å². The van der Waals surface area contributed by atoms with Crippen LogP contribution in [0.25, 0.3) is 0 Å². The summed E-state index contributed by atoms with van der Waals surface area (Å²) in [5, 5.41) is 3.04. The second kappa shape index (κ2) is 6.76. The van der Waals surface area contributed by atoms with E-state index >= 15 is 0 Å². The zero-order valence-electron chi connectivity index (χ0n) is 5.78. The van der Waals surface area contributed by atoms with E-state index in [-0.39, 0.29) is 0 Å². The lowest BCUT2D eigenvalue weighted by atomic mass is 9.78.